The Morgan fingerprint density at radius 1 is 1.33 bits per heavy atom. The number of fused-ring (bicyclic) bond motifs is 1. The topological polar surface area (TPSA) is 26.0 Å². The van der Waals surface area contributed by atoms with Crippen molar-refractivity contribution in [3.8, 4) is 0 Å². The number of hydrogen-bond donors (Lipinski definition) is 0. The molecule has 1 aromatic carbocycles. The van der Waals surface area contributed by atoms with E-state index >= 15 is 0 Å². The molecule has 1 aliphatic heterocycles. The van der Waals surface area contributed by atoms with Crippen LogP contribution in [-0.2, 0) is 0 Å². The molecule has 3 heteroatoms. The van der Waals surface area contributed by atoms with Crippen molar-refractivity contribution < 1.29 is 25.6 Å². The molecule has 2 atom stereocenters. The number of rotatable bonds is 5. The summed E-state index contributed by atoms with van der Waals surface area (Å²) < 4.78 is 7.82. The zero-order valence-corrected chi connectivity index (χ0v) is 14.9. The van der Waals surface area contributed by atoms with E-state index in [0.29, 0.717) is 21.2 Å². The van der Waals surface area contributed by atoms with Crippen molar-refractivity contribution in [2.75, 3.05) is 0 Å². The summed E-state index contributed by atoms with van der Waals surface area (Å²) in [5.74, 6) is 0.805. The van der Waals surface area contributed by atoms with Gasteiger partial charge in [0.2, 0.25) is 0 Å². The zero-order chi connectivity index (χ0) is 14.8. The molecule has 0 radical (unpaired) electrons. The minimum absolute atomic E-state index is 0.400. The van der Waals surface area contributed by atoms with Crippen LogP contribution >= 0.6 is 0 Å². The Kier molecular flexibility index (Phi) is 4.48. The summed E-state index contributed by atoms with van der Waals surface area (Å²) >= 11 is 0.400. The van der Waals surface area contributed by atoms with Gasteiger partial charge in [-0.1, -0.05) is 0 Å². The second kappa shape index (κ2) is 6.34. The summed E-state index contributed by atoms with van der Waals surface area (Å²) in [6.45, 7) is 6.73. The minimum atomic E-state index is 0.400. The van der Waals surface area contributed by atoms with Crippen molar-refractivity contribution >= 4 is 16.7 Å². The van der Waals surface area contributed by atoms with Crippen LogP contribution in [0.1, 0.15) is 39.5 Å². The molecular weight excluding hydrogens is 373 g/mol. The summed E-state index contributed by atoms with van der Waals surface area (Å²) in [5, 5.41) is 0. The fraction of sp³-hybridized carbons (Fsp3) is 0.389. The number of hydrogen-bond acceptors (Lipinski definition) is 2. The quantitative estimate of drug-likeness (QED) is 0.439. The summed E-state index contributed by atoms with van der Waals surface area (Å²) in [7, 11) is 0. The average molecular weight is 394 g/mol. The normalized spacial score (nSPS) is 23.2. The van der Waals surface area contributed by atoms with Crippen molar-refractivity contribution in [2.45, 2.75) is 41.5 Å². The number of oxazole rings is 1. The van der Waals surface area contributed by atoms with Crippen molar-refractivity contribution in [1.82, 2.24) is 4.98 Å². The second-order valence-corrected chi connectivity index (χ2v) is 9.85. The van der Waals surface area contributed by atoms with E-state index < -0.39 is 0 Å². The van der Waals surface area contributed by atoms with Gasteiger partial charge in [0.05, 0.1) is 0 Å². The Balaban J connectivity index is 1.93. The number of nitrogens with zero attached hydrogens (tertiary/aromatic N) is 1. The number of allylic oxidation sites excluding steroid dienone is 4. The fourth-order valence-electron chi connectivity index (χ4n) is 2.23. The third-order valence-corrected chi connectivity index (χ3v) is 7.52. The van der Waals surface area contributed by atoms with Gasteiger partial charge in [0.15, 0.2) is 0 Å². The van der Waals surface area contributed by atoms with Crippen LogP contribution < -0.4 is 21.2 Å². The zero-order valence-electron chi connectivity index (χ0n) is 12.8. The summed E-state index contributed by atoms with van der Waals surface area (Å²) in [6.07, 6.45) is 6.65. The van der Waals surface area contributed by atoms with Crippen LogP contribution in [0.3, 0.4) is 0 Å². The van der Waals surface area contributed by atoms with E-state index in [4.69, 9.17) is 4.42 Å². The Morgan fingerprint density at radius 3 is 2.76 bits per heavy atom. The number of aromatic nitrogens is 1. The van der Waals surface area contributed by atoms with Gasteiger partial charge >= 0.3 is 137 Å². The van der Waals surface area contributed by atoms with Gasteiger partial charge in [-0.15, -0.1) is 0 Å². The van der Waals surface area contributed by atoms with Crippen molar-refractivity contribution in [3.63, 3.8) is 0 Å². The van der Waals surface area contributed by atoms with Gasteiger partial charge in [-0.3, -0.25) is 0 Å². The first kappa shape index (κ1) is 14.8. The number of alkyl halides is 2. The molecule has 0 spiro atoms. The molecule has 0 amide bonds. The average Bonchev–Trinajstić information content (AvgIpc) is 3.02. The molecule has 0 bridgehead atoms. The second-order valence-electron chi connectivity index (χ2n) is 5.57. The van der Waals surface area contributed by atoms with Crippen molar-refractivity contribution in [2.24, 2.45) is 0 Å². The fourth-order valence-corrected chi connectivity index (χ4v) is 4.43. The van der Waals surface area contributed by atoms with Gasteiger partial charge in [0, 0.05) is 0 Å². The molecule has 2 nitrogen and oxygen atoms in total. The van der Waals surface area contributed by atoms with Crippen LogP contribution in [0.15, 0.2) is 46.4 Å². The van der Waals surface area contributed by atoms with Crippen molar-refractivity contribution in [1.29, 1.82) is 0 Å². The summed E-state index contributed by atoms with van der Waals surface area (Å²) in [6, 6.07) is 8.01. The molecule has 2 aromatic rings. The molecule has 1 fully saturated rings. The Labute approximate surface area is 136 Å². The number of halogens is 1. The van der Waals surface area contributed by atoms with Crippen LogP contribution in [0.25, 0.3) is 16.7 Å². The molecule has 1 aromatic heterocycles. The molecule has 3 rings (SSSR count). The molecule has 21 heavy (non-hydrogen) atoms. The van der Waals surface area contributed by atoms with E-state index in [2.05, 4.69) is 37.9 Å². The number of benzene rings is 1. The maximum absolute atomic E-state index is 5.96. The predicted octanol–water partition coefficient (Wildman–Crippen LogP) is 1.82. The van der Waals surface area contributed by atoms with E-state index in [1.807, 2.05) is 24.3 Å². The predicted molar refractivity (Wildman–Crippen MR) is 83.9 cm³/mol. The molecule has 2 unspecified atom stereocenters. The van der Waals surface area contributed by atoms with E-state index in [9.17, 15) is 0 Å². The summed E-state index contributed by atoms with van der Waals surface area (Å²) in [4.78, 5) is 4.67. The molecule has 0 saturated carbocycles. The first-order chi connectivity index (χ1) is 10.2. The molecule has 0 aliphatic carbocycles. The van der Waals surface area contributed by atoms with Crippen molar-refractivity contribution in [3.05, 3.63) is 47.9 Å². The van der Waals surface area contributed by atoms with Crippen LogP contribution in [0, 0.1) is 0 Å². The first-order valence-electron chi connectivity index (χ1n) is 7.51. The number of para-hydroxylation sites is 2. The maximum atomic E-state index is 5.96. The van der Waals surface area contributed by atoms with Crippen LogP contribution in [0.2, 0.25) is 0 Å². The Bertz CT molecular complexity index is 665. The van der Waals surface area contributed by atoms with Gasteiger partial charge in [-0.2, -0.15) is 0 Å². The Morgan fingerprint density at radius 2 is 2.10 bits per heavy atom. The van der Waals surface area contributed by atoms with Gasteiger partial charge in [-0.05, 0) is 0 Å². The van der Waals surface area contributed by atoms with Gasteiger partial charge < -0.3 is 0 Å². The van der Waals surface area contributed by atoms with Gasteiger partial charge in [0.25, 0.3) is 0 Å². The summed E-state index contributed by atoms with van der Waals surface area (Å²) in [5.41, 5.74) is 4.48. The standard InChI is InChI=1S/C18H21INO/c1-4-12(2)9-10-14(11-15-13(3)19-15)18-20-16-7-5-6-8-17(16)21-18/h5-10,13,15H,4,11H2,1-3H3/q-1/b12-9+,14-10+. The van der Waals surface area contributed by atoms with Gasteiger partial charge in [-0.25, -0.2) is 0 Å². The van der Waals surface area contributed by atoms with Gasteiger partial charge in [0.1, 0.15) is 0 Å². The molecule has 112 valence electrons. The SMILES string of the molecule is CC/C(C)=C/C=C(\CC1[I-]C1C)c1nc2ccccc2o1. The molecule has 1 saturated heterocycles. The third kappa shape index (κ3) is 3.57. The third-order valence-electron chi connectivity index (χ3n) is 3.90. The molecule has 0 N–H and O–H groups in total. The monoisotopic (exact) mass is 394 g/mol. The van der Waals surface area contributed by atoms with Crippen LogP contribution in [0.5, 0.6) is 0 Å². The van der Waals surface area contributed by atoms with E-state index in [-0.39, 0.29) is 0 Å². The molecular formula is C18H21INO-. The van der Waals surface area contributed by atoms with E-state index in [0.717, 1.165) is 37.7 Å². The molecule has 2 heterocycles. The first-order valence-corrected chi connectivity index (χ1v) is 10.0. The molecule has 1 aliphatic rings. The van der Waals surface area contributed by atoms with Crippen LogP contribution in [0.4, 0.5) is 0 Å². The van der Waals surface area contributed by atoms with E-state index in [1.165, 1.54) is 11.1 Å². The Hall–Kier alpha value is -1.10. The van der Waals surface area contributed by atoms with E-state index in [1.54, 1.807) is 0 Å². The van der Waals surface area contributed by atoms with Crippen LogP contribution in [-0.4, -0.2) is 12.8 Å².